The number of rotatable bonds is 3. The summed E-state index contributed by atoms with van der Waals surface area (Å²) in [5, 5.41) is 2.94. The molecule has 1 aliphatic rings. The van der Waals surface area contributed by atoms with Gasteiger partial charge in [-0.15, -0.1) is 0 Å². The van der Waals surface area contributed by atoms with E-state index in [9.17, 15) is 4.79 Å². The zero-order chi connectivity index (χ0) is 13.1. The number of anilines is 2. The first-order valence-electron chi connectivity index (χ1n) is 6.01. The van der Waals surface area contributed by atoms with Crippen molar-refractivity contribution in [3.8, 4) is 0 Å². The molecule has 2 rings (SSSR count). The zero-order valence-electron chi connectivity index (χ0n) is 10.9. The summed E-state index contributed by atoms with van der Waals surface area (Å²) >= 11 is 0. The average Bonchev–Trinajstić information content (AvgIpc) is 2.76. The highest BCUT2D eigenvalue weighted by Gasteiger charge is 2.29. The van der Waals surface area contributed by atoms with Gasteiger partial charge in [-0.2, -0.15) is 0 Å². The molecule has 1 saturated heterocycles. The van der Waals surface area contributed by atoms with Crippen LogP contribution in [-0.2, 0) is 4.79 Å². The third kappa shape index (κ3) is 2.60. The van der Waals surface area contributed by atoms with Crippen molar-refractivity contribution in [3.63, 3.8) is 0 Å². The lowest BCUT2D eigenvalue weighted by Crippen LogP contribution is -2.34. The van der Waals surface area contributed by atoms with E-state index in [1.165, 1.54) is 0 Å². The smallest absolute Gasteiger partial charge is 0.230 e. The van der Waals surface area contributed by atoms with Crippen LogP contribution in [0.25, 0.3) is 0 Å². The molecule has 1 aromatic heterocycles. The van der Waals surface area contributed by atoms with Gasteiger partial charge in [-0.05, 0) is 19.1 Å². The maximum Gasteiger partial charge on any atom is 0.230 e. The van der Waals surface area contributed by atoms with Crippen LogP contribution in [0, 0.1) is 5.92 Å². The molecule has 98 valence electrons. The van der Waals surface area contributed by atoms with E-state index >= 15 is 0 Å². The Balaban J connectivity index is 2.11. The second kappa shape index (κ2) is 5.32. The van der Waals surface area contributed by atoms with E-state index in [0.717, 1.165) is 11.5 Å². The van der Waals surface area contributed by atoms with E-state index in [1.54, 1.807) is 6.20 Å². The Morgan fingerprint density at radius 2 is 2.33 bits per heavy atom. The summed E-state index contributed by atoms with van der Waals surface area (Å²) in [6.07, 6.45) is 1.71. The standard InChI is InChI=1S/C12H19N5O/c1-8-9(7-14-16-8)12(18)15-10-5-4-6-13-11(10)17(2)3/h4-6,8-9,14,16H,7H2,1-3H3,(H,15,18). The highest BCUT2D eigenvalue weighted by molar-refractivity contribution is 5.95. The molecular weight excluding hydrogens is 230 g/mol. The molecule has 0 aromatic carbocycles. The van der Waals surface area contributed by atoms with Gasteiger partial charge in [-0.3, -0.25) is 15.6 Å². The molecule has 3 N–H and O–H groups in total. The third-order valence-electron chi connectivity index (χ3n) is 3.06. The molecule has 0 radical (unpaired) electrons. The Morgan fingerprint density at radius 1 is 1.56 bits per heavy atom. The number of hydrazine groups is 1. The summed E-state index contributed by atoms with van der Waals surface area (Å²) in [5.41, 5.74) is 6.77. The molecule has 0 bridgehead atoms. The number of nitrogens with one attached hydrogen (secondary N) is 3. The molecule has 1 aromatic rings. The summed E-state index contributed by atoms with van der Waals surface area (Å²) in [6, 6.07) is 3.81. The van der Waals surface area contributed by atoms with Crippen LogP contribution in [-0.4, -0.2) is 37.6 Å². The molecular formula is C12H19N5O. The quantitative estimate of drug-likeness (QED) is 0.714. The van der Waals surface area contributed by atoms with Crippen LogP contribution in [0.3, 0.4) is 0 Å². The summed E-state index contributed by atoms with van der Waals surface area (Å²) in [7, 11) is 3.80. The summed E-state index contributed by atoms with van der Waals surface area (Å²) in [6.45, 7) is 2.63. The lowest BCUT2D eigenvalue weighted by atomic mass is 10.0. The van der Waals surface area contributed by atoms with Crippen molar-refractivity contribution in [2.75, 3.05) is 30.9 Å². The van der Waals surface area contributed by atoms with Crippen molar-refractivity contribution >= 4 is 17.4 Å². The van der Waals surface area contributed by atoms with Gasteiger partial charge in [0.25, 0.3) is 0 Å². The van der Waals surface area contributed by atoms with E-state index in [4.69, 9.17) is 0 Å². The van der Waals surface area contributed by atoms with Crippen LogP contribution < -0.4 is 21.1 Å². The highest BCUT2D eigenvalue weighted by Crippen LogP contribution is 2.21. The normalized spacial score (nSPS) is 22.8. The topological polar surface area (TPSA) is 69.3 Å². The maximum atomic E-state index is 12.2. The Labute approximate surface area is 107 Å². The summed E-state index contributed by atoms with van der Waals surface area (Å²) in [5.74, 6) is 0.703. The van der Waals surface area contributed by atoms with Crippen LogP contribution >= 0.6 is 0 Å². The van der Waals surface area contributed by atoms with Crippen molar-refractivity contribution in [2.24, 2.45) is 5.92 Å². The molecule has 18 heavy (non-hydrogen) atoms. The molecule has 0 saturated carbocycles. The Bertz CT molecular complexity index is 434. The maximum absolute atomic E-state index is 12.2. The number of nitrogens with zero attached hydrogens (tertiary/aromatic N) is 2. The number of hydrogen-bond acceptors (Lipinski definition) is 5. The monoisotopic (exact) mass is 249 g/mol. The van der Waals surface area contributed by atoms with Gasteiger partial charge in [-0.25, -0.2) is 4.98 Å². The van der Waals surface area contributed by atoms with Crippen LogP contribution in [0.4, 0.5) is 11.5 Å². The minimum atomic E-state index is -0.0692. The van der Waals surface area contributed by atoms with Gasteiger partial charge in [0.05, 0.1) is 11.6 Å². The predicted octanol–water partition coefficient (Wildman–Crippen LogP) is 0.199. The van der Waals surface area contributed by atoms with Crippen LogP contribution in [0.2, 0.25) is 0 Å². The van der Waals surface area contributed by atoms with Gasteiger partial charge in [0.2, 0.25) is 5.91 Å². The third-order valence-corrected chi connectivity index (χ3v) is 3.06. The summed E-state index contributed by atoms with van der Waals surface area (Å²) < 4.78 is 0. The lowest BCUT2D eigenvalue weighted by Gasteiger charge is -2.18. The highest BCUT2D eigenvalue weighted by atomic mass is 16.2. The molecule has 1 fully saturated rings. The molecule has 1 aliphatic heterocycles. The van der Waals surface area contributed by atoms with Gasteiger partial charge >= 0.3 is 0 Å². The first-order valence-corrected chi connectivity index (χ1v) is 6.01. The van der Waals surface area contributed by atoms with Gasteiger partial charge in [0, 0.05) is 32.9 Å². The van der Waals surface area contributed by atoms with E-state index in [-0.39, 0.29) is 17.9 Å². The number of amides is 1. The largest absolute Gasteiger partial charge is 0.361 e. The minimum Gasteiger partial charge on any atom is -0.361 e. The fourth-order valence-electron chi connectivity index (χ4n) is 2.00. The second-order valence-electron chi connectivity index (χ2n) is 4.68. The first kappa shape index (κ1) is 12.8. The van der Waals surface area contributed by atoms with Crippen LogP contribution in [0.15, 0.2) is 18.3 Å². The second-order valence-corrected chi connectivity index (χ2v) is 4.68. The van der Waals surface area contributed by atoms with Crippen molar-refractivity contribution in [2.45, 2.75) is 13.0 Å². The van der Waals surface area contributed by atoms with E-state index in [0.29, 0.717) is 6.54 Å². The molecule has 6 heteroatoms. The zero-order valence-corrected chi connectivity index (χ0v) is 10.9. The number of carbonyl (C=O) groups is 1. The fraction of sp³-hybridized carbons (Fsp3) is 0.500. The van der Waals surface area contributed by atoms with Crippen LogP contribution in [0.5, 0.6) is 0 Å². The first-order chi connectivity index (χ1) is 8.59. The van der Waals surface area contributed by atoms with Crippen molar-refractivity contribution in [1.29, 1.82) is 0 Å². The summed E-state index contributed by atoms with van der Waals surface area (Å²) in [4.78, 5) is 18.3. The van der Waals surface area contributed by atoms with Crippen molar-refractivity contribution in [1.82, 2.24) is 15.8 Å². The number of carbonyl (C=O) groups excluding carboxylic acids is 1. The van der Waals surface area contributed by atoms with Crippen molar-refractivity contribution in [3.05, 3.63) is 18.3 Å². The molecule has 2 heterocycles. The fourth-order valence-corrected chi connectivity index (χ4v) is 2.00. The molecule has 2 atom stereocenters. The van der Waals surface area contributed by atoms with Crippen molar-refractivity contribution < 1.29 is 4.79 Å². The number of pyridine rings is 1. The van der Waals surface area contributed by atoms with Gasteiger partial charge in [0.15, 0.2) is 5.82 Å². The SMILES string of the molecule is CC1NNCC1C(=O)Nc1cccnc1N(C)C. The molecule has 1 amide bonds. The van der Waals surface area contributed by atoms with Crippen LogP contribution in [0.1, 0.15) is 6.92 Å². The average molecular weight is 249 g/mol. The Morgan fingerprint density at radius 3 is 2.94 bits per heavy atom. The molecule has 6 nitrogen and oxygen atoms in total. The van der Waals surface area contributed by atoms with E-state index in [1.807, 2.05) is 38.1 Å². The van der Waals surface area contributed by atoms with E-state index < -0.39 is 0 Å². The minimum absolute atomic E-state index is 0.0103. The van der Waals surface area contributed by atoms with Gasteiger partial charge in [0.1, 0.15) is 0 Å². The predicted molar refractivity (Wildman–Crippen MR) is 71.3 cm³/mol. The van der Waals surface area contributed by atoms with Gasteiger partial charge in [-0.1, -0.05) is 0 Å². The number of hydrogen-bond donors (Lipinski definition) is 3. The van der Waals surface area contributed by atoms with Gasteiger partial charge < -0.3 is 10.2 Å². The number of aromatic nitrogens is 1. The molecule has 2 unspecified atom stereocenters. The molecule has 0 aliphatic carbocycles. The Hall–Kier alpha value is -1.66. The lowest BCUT2D eigenvalue weighted by molar-refractivity contribution is -0.119. The molecule has 0 spiro atoms. The van der Waals surface area contributed by atoms with E-state index in [2.05, 4.69) is 21.2 Å². The Kier molecular flexibility index (Phi) is 3.78.